The maximum absolute atomic E-state index is 11.2. The zero-order valence-electron chi connectivity index (χ0n) is 12.1. The van der Waals surface area contributed by atoms with Crippen molar-refractivity contribution in [2.45, 2.75) is 43.4 Å². The minimum absolute atomic E-state index is 0.0519. The highest BCUT2D eigenvalue weighted by atomic mass is 32.2. The van der Waals surface area contributed by atoms with Gasteiger partial charge in [-0.15, -0.1) is 0 Å². The van der Waals surface area contributed by atoms with Crippen molar-refractivity contribution in [3.63, 3.8) is 0 Å². The molecule has 0 radical (unpaired) electrons. The van der Waals surface area contributed by atoms with Crippen LogP contribution in [0.15, 0.2) is 5.03 Å². The third-order valence-electron chi connectivity index (χ3n) is 2.70. The van der Waals surface area contributed by atoms with E-state index in [1.54, 1.807) is 7.05 Å². The van der Waals surface area contributed by atoms with Crippen molar-refractivity contribution in [2.24, 2.45) is 7.05 Å². The van der Waals surface area contributed by atoms with Crippen LogP contribution in [0.25, 0.3) is 0 Å². The fourth-order valence-electron chi connectivity index (χ4n) is 1.82. The monoisotopic (exact) mass is 301 g/mol. The Morgan fingerprint density at radius 1 is 1.60 bits per heavy atom. The summed E-state index contributed by atoms with van der Waals surface area (Å²) in [4.78, 5) is 22.1. The highest BCUT2D eigenvalue weighted by molar-refractivity contribution is 8.00. The maximum Gasteiger partial charge on any atom is 0.323 e. The Bertz CT molecular complexity index is 501. The molecule has 0 aliphatic carbocycles. The van der Waals surface area contributed by atoms with Crippen LogP contribution in [-0.4, -0.2) is 33.0 Å². The summed E-state index contributed by atoms with van der Waals surface area (Å²) < 4.78 is 6.12. The van der Waals surface area contributed by atoms with Crippen LogP contribution in [-0.2, 0) is 23.0 Å². The fraction of sp³-hybridized carbons (Fsp3) is 0.667. The highest BCUT2D eigenvalue weighted by Gasteiger charge is 2.28. The summed E-state index contributed by atoms with van der Waals surface area (Å²) in [5.41, 5.74) is 0.545. The summed E-state index contributed by atoms with van der Waals surface area (Å²) >= 11 is 1.27. The second-order valence-electron chi connectivity index (χ2n) is 4.44. The summed E-state index contributed by atoms with van der Waals surface area (Å²) in [6.07, 6.45) is 1.56. The van der Waals surface area contributed by atoms with Gasteiger partial charge >= 0.3 is 11.7 Å². The lowest BCUT2D eigenvalue weighted by Crippen LogP contribution is -2.09. The third kappa shape index (κ3) is 3.96. The molecule has 1 aromatic heterocycles. The summed E-state index contributed by atoms with van der Waals surface area (Å²) in [7, 11) is 3.00. The van der Waals surface area contributed by atoms with E-state index in [0.29, 0.717) is 17.1 Å². The molecule has 1 rings (SSSR count). The van der Waals surface area contributed by atoms with E-state index in [2.05, 4.69) is 9.84 Å². The van der Waals surface area contributed by atoms with Gasteiger partial charge in [0.25, 0.3) is 0 Å². The van der Waals surface area contributed by atoms with Gasteiger partial charge in [0.1, 0.15) is 5.69 Å². The van der Waals surface area contributed by atoms with Gasteiger partial charge < -0.3 is 4.74 Å². The summed E-state index contributed by atoms with van der Waals surface area (Å²) in [6, 6.07) is 0. The Hall–Kier alpha value is -1.57. The first-order valence-electron chi connectivity index (χ1n) is 6.34. The van der Waals surface area contributed by atoms with Crippen LogP contribution in [0.5, 0.6) is 0 Å². The number of hydrogen-bond donors (Lipinski definition) is 0. The van der Waals surface area contributed by atoms with Gasteiger partial charge in [0.05, 0.1) is 18.5 Å². The SMILES string of the molecule is CCCc1nn(C)c(SC(C)CC(=O)OC)c1[N+](=O)[O-]. The second-order valence-corrected chi connectivity index (χ2v) is 5.87. The van der Waals surface area contributed by atoms with Crippen molar-refractivity contribution in [1.82, 2.24) is 9.78 Å². The molecule has 0 bridgehead atoms. The topological polar surface area (TPSA) is 87.3 Å². The molecule has 0 amide bonds. The van der Waals surface area contributed by atoms with Crippen LogP contribution >= 0.6 is 11.8 Å². The Labute approximate surface area is 121 Å². The van der Waals surface area contributed by atoms with Gasteiger partial charge in [0.2, 0.25) is 0 Å². The van der Waals surface area contributed by atoms with E-state index in [-0.39, 0.29) is 23.3 Å². The van der Waals surface area contributed by atoms with E-state index in [0.717, 1.165) is 6.42 Å². The fourth-order valence-corrected chi connectivity index (χ4v) is 2.92. The van der Waals surface area contributed by atoms with Gasteiger partial charge in [-0.1, -0.05) is 32.0 Å². The zero-order valence-corrected chi connectivity index (χ0v) is 12.9. The Kier molecular flexibility index (Phi) is 6.00. The highest BCUT2D eigenvalue weighted by Crippen LogP contribution is 2.35. The molecule has 0 saturated carbocycles. The van der Waals surface area contributed by atoms with Crippen molar-refractivity contribution < 1.29 is 14.5 Å². The van der Waals surface area contributed by atoms with Crippen LogP contribution in [0.1, 0.15) is 32.4 Å². The average molecular weight is 301 g/mol. The van der Waals surface area contributed by atoms with E-state index >= 15 is 0 Å². The van der Waals surface area contributed by atoms with Crippen LogP contribution in [0.2, 0.25) is 0 Å². The lowest BCUT2D eigenvalue weighted by Gasteiger charge is -2.09. The first kappa shape index (κ1) is 16.5. The first-order valence-corrected chi connectivity index (χ1v) is 7.22. The van der Waals surface area contributed by atoms with Crippen molar-refractivity contribution in [1.29, 1.82) is 0 Å². The average Bonchev–Trinajstić information content (AvgIpc) is 2.66. The number of esters is 1. The van der Waals surface area contributed by atoms with E-state index < -0.39 is 4.92 Å². The van der Waals surface area contributed by atoms with Crippen LogP contribution < -0.4 is 0 Å². The minimum atomic E-state index is -0.398. The number of aromatic nitrogens is 2. The molecule has 0 aliphatic rings. The van der Waals surface area contributed by atoms with Gasteiger partial charge in [0, 0.05) is 12.3 Å². The molecule has 0 saturated heterocycles. The van der Waals surface area contributed by atoms with E-state index in [1.165, 1.54) is 23.6 Å². The molecule has 20 heavy (non-hydrogen) atoms. The molecule has 0 fully saturated rings. The number of aryl methyl sites for hydroxylation is 2. The number of carbonyl (C=O) groups excluding carboxylic acids is 1. The molecular weight excluding hydrogens is 282 g/mol. The zero-order chi connectivity index (χ0) is 15.3. The number of nitrogens with zero attached hydrogens (tertiary/aromatic N) is 3. The first-order chi connectivity index (χ1) is 9.40. The van der Waals surface area contributed by atoms with Gasteiger partial charge in [0.15, 0.2) is 5.03 Å². The van der Waals surface area contributed by atoms with E-state index in [4.69, 9.17) is 0 Å². The van der Waals surface area contributed by atoms with Crippen molar-refractivity contribution >= 4 is 23.4 Å². The third-order valence-corrected chi connectivity index (χ3v) is 3.95. The molecule has 8 heteroatoms. The quantitative estimate of drug-likeness (QED) is 0.332. The second kappa shape index (κ2) is 7.28. The molecule has 0 aromatic carbocycles. The summed E-state index contributed by atoms with van der Waals surface area (Å²) in [5, 5.41) is 15.8. The molecule has 1 atom stereocenters. The summed E-state index contributed by atoms with van der Waals surface area (Å²) in [5.74, 6) is -0.330. The number of methoxy groups -OCH3 is 1. The molecule has 0 aliphatic heterocycles. The predicted molar refractivity (Wildman–Crippen MR) is 75.8 cm³/mol. The van der Waals surface area contributed by atoms with Crippen molar-refractivity contribution in [3.8, 4) is 0 Å². The van der Waals surface area contributed by atoms with Gasteiger partial charge in [-0.25, -0.2) is 0 Å². The van der Waals surface area contributed by atoms with Crippen LogP contribution in [0.4, 0.5) is 5.69 Å². The van der Waals surface area contributed by atoms with Gasteiger partial charge in [-0.2, -0.15) is 5.10 Å². The number of nitro groups is 1. The number of ether oxygens (including phenoxy) is 1. The molecule has 1 aromatic rings. The number of thioether (sulfide) groups is 1. The lowest BCUT2D eigenvalue weighted by atomic mass is 10.2. The Morgan fingerprint density at radius 3 is 2.75 bits per heavy atom. The predicted octanol–water partition coefficient (Wildman–Crippen LogP) is 2.32. The number of rotatable bonds is 7. The molecule has 1 unspecified atom stereocenters. The van der Waals surface area contributed by atoms with Gasteiger partial charge in [-0.3, -0.25) is 19.6 Å². The maximum atomic E-state index is 11.2. The minimum Gasteiger partial charge on any atom is -0.469 e. The Balaban J connectivity index is 2.99. The summed E-state index contributed by atoms with van der Waals surface area (Å²) in [6.45, 7) is 3.78. The Morgan fingerprint density at radius 2 is 2.25 bits per heavy atom. The molecule has 0 spiro atoms. The molecule has 1 heterocycles. The molecule has 112 valence electrons. The molecular formula is C12H19N3O4S. The number of carbonyl (C=O) groups is 1. The standard InChI is InChI=1S/C12H19N3O4S/c1-5-6-9-11(15(17)18)12(14(3)13-9)20-8(2)7-10(16)19-4/h8H,5-7H2,1-4H3. The normalized spacial score (nSPS) is 12.2. The van der Waals surface area contributed by atoms with E-state index in [9.17, 15) is 14.9 Å². The molecule has 0 N–H and O–H groups in total. The van der Waals surface area contributed by atoms with Gasteiger partial charge in [-0.05, 0) is 6.42 Å². The molecule has 7 nitrogen and oxygen atoms in total. The van der Waals surface area contributed by atoms with Crippen LogP contribution in [0, 0.1) is 10.1 Å². The smallest absolute Gasteiger partial charge is 0.323 e. The van der Waals surface area contributed by atoms with Crippen molar-refractivity contribution in [3.05, 3.63) is 15.8 Å². The number of hydrogen-bond acceptors (Lipinski definition) is 6. The largest absolute Gasteiger partial charge is 0.469 e. The van der Waals surface area contributed by atoms with Crippen molar-refractivity contribution in [2.75, 3.05) is 7.11 Å². The van der Waals surface area contributed by atoms with Crippen LogP contribution in [0.3, 0.4) is 0 Å². The van der Waals surface area contributed by atoms with E-state index in [1.807, 2.05) is 13.8 Å². The lowest BCUT2D eigenvalue weighted by molar-refractivity contribution is -0.388.